The summed E-state index contributed by atoms with van der Waals surface area (Å²) in [7, 11) is 0. The number of hydrogen-bond donors (Lipinski definition) is 3. The Morgan fingerprint density at radius 3 is 2.70 bits per heavy atom. The van der Waals surface area contributed by atoms with Crippen molar-refractivity contribution >= 4 is 22.8 Å². The lowest BCUT2D eigenvalue weighted by Gasteiger charge is -2.08. The molecular formula is C16H17FN2O4. The molecule has 0 aliphatic carbocycles. The summed E-state index contributed by atoms with van der Waals surface area (Å²) in [5.74, 6) is -1.74. The molecule has 0 atom stereocenters. The zero-order chi connectivity index (χ0) is 16.8. The Kier molecular flexibility index (Phi) is 5.46. The molecular weight excluding hydrogens is 303 g/mol. The number of H-pyrrole nitrogens is 1. The van der Waals surface area contributed by atoms with E-state index in [-0.39, 0.29) is 17.5 Å². The van der Waals surface area contributed by atoms with Gasteiger partial charge in [-0.1, -0.05) is 6.42 Å². The third kappa shape index (κ3) is 4.64. The van der Waals surface area contributed by atoms with Crippen LogP contribution in [0.15, 0.2) is 29.1 Å². The van der Waals surface area contributed by atoms with Crippen LogP contribution >= 0.6 is 0 Å². The summed E-state index contributed by atoms with van der Waals surface area (Å²) in [6.07, 6.45) is 2.00. The number of carbonyl (C=O) groups is 2. The van der Waals surface area contributed by atoms with Crippen LogP contribution in [0.1, 0.15) is 36.0 Å². The molecule has 0 bridgehead atoms. The molecule has 0 saturated carbocycles. The Balaban J connectivity index is 2.01. The molecule has 0 spiro atoms. The van der Waals surface area contributed by atoms with E-state index in [1.165, 1.54) is 24.3 Å². The number of carboxylic acid groups (broad SMARTS) is 1. The van der Waals surface area contributed by atoms with Crippen LogP contribution < -0.4 is 10.9 Å². The van der Waals surface area contributed by atoms with Gasteiger partial charge < -0.3 is 15.4 Å². The van der Waals surface area contributed by atoms with Crippen LogP contribution in [0.25, 0.3) is 10.9 Å². The van der Waals surface area contributed by atoms with Crippen molar-refractivity contribution in [1.82, 2.24) is 10.3 Å². The smallest absolute Gasteiger partial charge is 0.303 e. The molecule has 7 heteroatoms. The fraction of sp³-hybridized carbons (Fsp3) is 0.312. The normalized spacial score (nSPS) is 10.7. The summed E-state index contributed by atoms with van der Waals surface area (Å²) in [4.78, 5) is 36.6. The Hall–Kier alpha value is -2.70. The number of unbranched alkanes of at least 4 members (excludes halogenated alkanes) is 2. The average molecular weight is 320 g/mol. The fourth-order valence-corrected chi connectivity index (χ4v) is 2.30. The maximum absolute atomic E-state index is 13.2. The van der Waals surface area contributed by atoms with E-state index in [1.54, 1.807) is 0 Å². The lowest BCUT2D eigenvalue weighted by molar-refractivity contribution is -0.137. The van der Waals surface area contributed by atoms with E-state index in [0.717, 1.165) is 0 Å². The van der Waals surface area contributed by atoms with Gasteiger partial charge in [-0.05, 0) is 31.0 Å². The summed E-state index contributed by atoms with van der Waals surface area (Å²) < 4.78 is 13.2. The van der Waals surface area contributed by atoms with Crippen LogP contribution in [0.5, 0.6) is 0 Å². The van der Waals surface area contributed by atoms with Gasteiger partial charge in [0, 0.05) is 24.4 Å². The molecule has 0 aliphatic heterocycles. The standard InChI is InChI=1S/C16H17FN2O4/c17-10-5-6-11-12(9-14(20)19-13(11)8-10)16(23)18-7-3-1-2-4-15(21)22/h5-6,8-9H,1-4,7H2,(H,18,23)(H,19,20)(H,21,22). The molecule has 1 amide bonds. The van der Waals surface area contributed by atoms with E-state index in [1.807, 2.05) is 0 Å². The summed E-state index contributed by atoms with van der Waals surface area (Å²) in [6, 6.07) is 5.02. The van der Waals surface area contributed by atoms with E-state index in [2.05, 4.69) is 10.3 Å². The highest BCUT2D eigenvalue weighted by Crippen LogP contribution is 2.16. The first kappa shape index (κ1) is 16.7. The van der Waals surface area contributed by atoms with Crippen molar-refractivity contribution in [2.75, 3.05) is 6.54 Å². The molecule has 3 N–H and O–H groups in total. The van der Waals surface area contributed by atoms with E-state index in [0.29, 0.717) is 31.2 Å². The second-order valence-electron chi connectivity index (χ2n) is 5.20. The number of aliphatic carboxylic acids is 1. The highest BCUT2D eigenvalue weighted by Gasteiger charge is 2.12. The van der Waals surface area contributed by atoms with Crippen molar-refractivity contribution in [3.63, 3.8) is 0 Å². The van der Waals surface area contributed by atoms with Gasteiger partial charge in [0.25, 0.3) is 5.91 Å². The predicted octanol–water partition coefficient (Wildman–Crippen LogP) is 2.04. The van der Waals surface area contributed by atoms with Crippen LogP contribution in [-0.4, -0.2) is 28.5 Å². The van der Waals surface area contributed by atoms with Crippen molar-refractivity contribution in [3.8, 4) is 0 Å². The van der Waals surface area contributed by atoms with Crippen LogP contribution in [0.3, 0.4) is 0 Å². The van der Waals surface area contributed by atoms with Gasteiger partial charge in [0.15, 0.2) is 0 Å². The number of pyridine rings is 1. The second kappa shape index (κ2) is 7.53. The first-order valence-corrected chi connectivity index (χ1v) is 7.30. The minimum Gasteiger partial charge on any atom is -0.481 e. The van der Waals surface area contributed by atoms with Crippen molar-refractivity contribution in [1.29, 1.82) is 0 Å². The van der Waals surface area contributed by atoms with Crippen LogP contribution in [-0.2, 0) is 4.79 Å². The van der Waals surface area contributed by atoms with Crippen molar-refractivity contribution in [2.45, 2.75) is 25.7 Å². The summed E-state index contributed by atoms with van der Waals surface area (Å²) in [5.41, 5.74) is -0.0203. The Bertz CT molecular complexity index is 785. The predicted molar refractivity (Wildman–Crippen MR) is 83.0 cm³/mol. The van der Waals surface area contributed by atoms with Gasteiger partial charge in [0.1, 0.15) is 5.82 Å². The molecule has 0 unspecified atom stereocenters. The number of fused-ring (bicyclic) bond motifs is 1. The molecule has 0 saturated heterocycles. The van der Waals surface area contributed by atoms with E-state index in [4.69, 9.17) is 5.11 Å². The highest BCUT2D eigenvalue weighted by atomic mass is 19.1. The molecule has 1 aromatic heterocycles. The number of hydrogen-bond acceptors (Lipinski definition) is 3. The van der Waals surface area contributed by atoms with Crippen LogP contribution in [0, 0.1) is 5.82 Å². The summed E-state index contributed by atoms with van der Waals surface area (Å²) in [6.45, 7) is 0.383. The van der Waals surface area contributed by atoms with Gasteiger partial charge in [-0.3, -0.25) is 14.4 Å². The number of aromatic amines is 1. The molecule has 6 nitrogen and oxygen atoms in total. The third-order valence-electron chi connectivity index (χ3n) is 3.40. The molecule has 122 valence electrons. The van der Waals surface area contributed by atoms with E-state index in [9.17, 15) is 18.8 Å². The molecule has 2 aromatic rings. The van der Waals surface area contributed by atoms with Gasteiger partial charge in [-0.2, -0.15) is 0 Å². The number of aromatic nitrogens is 1. The lowest BCUT2D eigenvalue weighted by Crippen LogP contribution is -2.26. The van der Waals surface area contributed by atoms with Crippen LogP contribution in [0.4, 0.5) is 4.39 Å². The SMILES string of the molecule is O=C(O)CCCCCNC(=O)c1cc(=O)[nH]c2cc(F)ccc12. The number of halogens is 1. The summed E-state index contributed by atoms with van der Waals surface area (Å²) >= 11 is 0. The quantitative estimate of drug-likeness (QED) is 0.680. The van der Waals surface area contributed by atoms with Gasteiger partial charge in [-0.25, -0.2) is 4.39 Å². The Morgan fingerprint density at radius 1 is 1.17 bits per heavy atom. The minimum absolute atomic E-state index is 0.109. The molecule has 1 aromatic carbocycles. The third-order valence-corrected chi connectivity index (χ3v) is 3.40. The maximum atomic E-state index is 13.2. The van der Waals surface area contributed by atoms with Crippen molar-refractivity contribution < 1.29 is 19.1 Å². The number of carboxylic acids is 1. The van der Waals surface area contributed by atoms with Crippen molar-refractivity contribution in [2.24, 2.45) is 0 Å². The summed E-state index contributed by atoms with van der Waals surface area (Å²) in [5, 5.41) is 11.7. The Morgan fingerprint density at radius 2 is 1.96 bits per heavy atom. The zero-order valence-corrected chi connectivity index (χ0v) is 12.4. The molecule has 0 aliphatic rings. The van der Waals surface area contributed by atoms with Crippen LogP contribution in [0.2, 0.25) is 0 Å². The van der Waals surface area contributed by atoms with E-state index >= 15 is 0 Å². The van der Waals surface area contributed by atoms with Gasteiger partial charge in [0.05, 0.1) is 11.1 Å². The second-order valence-corrected chi connectivity index (χ2v) is 5.20. The number of amides is 1. The number of rotatable bonds is 7. The number of carbonyl (C=O) groups excluding carboxylic acids is 1. The molecule has 1 heterocycles. The van der Waals surface area contributed by atoms with Gasteiger partial charge in [0.2, 0.25) is 5.56 Å². The average Bonchev–Trinajstić information content (AvgIpc) is 2.48. The lowest BCUT2D eigenvalue weighted by atomic mass is 10.1. The fourth-order valence-electron chi connectivity index (χ4n) is 2.30. The topological polar surface area (TPSA) is 99.3 Å². The van der Waals surface area contributed by atoms with Crippen molar-refractivity contribution in [3.05, 3.63) is 46.0 Å². The number of nitrogens with one attached hydrogen (secondary N) is 2. The minimum atomic E-state index is -0.837. The first-order chi connectivity index (χ1) is 11.0. The zero-order valence-electron chi connectivity index (χ0n) is 12.4. The largest absolute Gasteiger partial charge is 0.481 e. The molecule has 0 radical (unpaired) electrons. The highest BCUT2D eigenvalue weighted by molar-refractivity contribution is 6.05. The van der Waals surface area contributed by atoms with Gasteiger partial charge >= 0.3 is 5.97 Å². The monoisotopic (exact) mass is 320 g/mol. The molecule has 0 fully saturated rings. The number of benzene rings is 1. The Labute approximate surface area is 131 Å². The van der Waals surface area contributed by atoms with Gasteiger partial charge in [-0.15, -0.1) is 0 Å². The molecule has 2 rings (SSSR count). The first-order valence-electron chi connectivity index (χ1n) is 7.30. The van der Waals surface area contributed by atoms with E-state index < -0.39 is 23.3 Å². The maximum Gasteiger partial charge on any atom is 0.303 e. The molecule has 23 heavy (non-hydrogen) atoms.